The zero-order valence-corrected chi connectivity index (χ0v) is 8.47. The molecule has 0 unspecified atom stereocenters. The minimum atomic E-state index is 0.617. The number of hydrogen-bond acceptors (Lipinski definition) is 2. The Morgan fingerprint density at radius 2 is 2.15 bits per heavy atom. The van der Waals surface area contributed by atoms with Crippen LogP contribution in [0.5, 0.6) is 5.75 Å². The summed E-state index contributed by atoms with van der Waals surface area (Å²) in [6, 6.07) is 5.25. The fraction of sp³-hybridized carbons (Fsp3) is 0.400. The number of halogens is 1. The maximum absolute atomic E-state index is 5.80. The Morgan fingerprint density at radius 1 is 1.38 bits per heavy atom. The Bertz CT molecular complexity index is 255. The highest BCUT2D eigenvalue weighted by Crippen LogP contribution is 2.22. The van der Waals surface area contributed by atoms with E-state index < -0.39 is 0 Å². The van der Waals surface area contributed by atoms with Gasteiger partial charge in [-0.15, -0.1) is 0 Å². The number of rotatable bonds is 4. The lowest BCUT2D eigenvalue weighted by atomic mass is 10.3. The zero-order valence-electron chi connectivity index (χ0n) is 7.72. The molecule has 0 fully saturated rings. The molecule has 0 aliphatic heterocycles. The number of nitrogens with two attached hydrogens (primary N) is 1. The van der Waals surface area contributed by atoms with Crippen molar-refractivity contribution in [1.29, 1.82) is 0 Å². The van der Waals surface area contributed by atoms with E-state index >= 15 is 0 Å². The van der Waals surface area contributed by atoms with Crippen LogP contribution in [0.4, 0.5) is 5.69 Å². The van der Waals surface area contributed by atoms with Gasteiger partial charge in [0, 0.05) is 16.8 Å². The topological polar surface area (TPSA) is 35.2 Å². The number of anilines is 1. The molecule has 0 aromatic heterocycles. The lowest BCUT2D eigenvalue weighted by Gasteiger charge is -2.06. The molecule has 72 valence electrons. The number of hydrogen-bond donors (Lipinski definition) is 1. The fourth-order valence-corrected chi connectivity index (χ4v) is 1.24. The molecule has 0 bridgehead atoms. The van der Waals surface area contributed by atoms with Crippen molar-refractivity contribution in [3.63, 3.8) is 0 Å². The van der Waals surface area contributed by atoms with Crippen LogP contribution in [0.25, 0.3) is 0 Å². The molecule has 0 saturated heterocycles. The van der Waals surface area contributed by atoms with E-state index in [1.165, 1.54) is 0 Å². The second-order valence-electron chi connectivity index (χ2n) is 2.92. The highest BCUT2D eigenvalue weighted by atomic mass is 35.5. The highest BCUT2D eigenvalue weighted by molar-refractivity contribution is 6.31. The summed E-state index contributed by atoms with van der Waals surface area (Å²) < 4.78 is 5.44. The number of nitrogen functional groups attached to an aromatic ring is 1. The van der Waals surface area contributed by atoms with Crippen molar-refractivity contribution in [1.82, 2.24) is 0 Å². The Labute approximate surface area is 83.6 Å². The van der Waals surface area contributed by atoms with Crippen LogP contribution in [0.15, 0.2) is 18.2 Å². The molecule has 13 heavy (non-hydrogen) atoms. The summed E-state index contributed by atoms with van der Waals surface area (Å²) in [6.45, 7) is 2.84. The number of ether oxygens (including phenoxy) is 1. The van der Waals surface area contributed by atoms with Gasteiger partial charge < -0.3 is 10.5 Å². The van der Waals surface area contributed by atoms with Gasteiger partial charge in [0.1, 0.15) is 5.75 Å². The van der Waals surface area contributed by atoms with Crippen molar-refractivity contribution >= 4 is 17.3 Å². The van der Waals surface area contributed by atoms with Crippen molar-refractivity contribution < 1.29 is 4.74 Å². The van der Waals surface area contributed by atoms with Crippen LogP contribution >= 0.6 is 11.6 Å². The molecule has 3 heteroatoms. The van der Waals surface area contributed by atoms with Gasteiger partial charge in [0.15, 0.2) is 0 Å². The van der Waals surface area contributed by atoms with E-state index in [-0.39, 0.29) is 0 Å². The largest absolute Gasteiger partial charge is 0.493 e. The molecule has 2 N–H and O–H groups in total. The summed E-state index contributed by atoms with van der Waals surface area (Å²) in [5, 5.41) is 0.617. The molecule has 1 aromatic carbocycles. The first kappa shape index (κ1) is 10.2. The quantitative estimate of drug-likeness (QED) is 0.598. The smallest absolute Gasteiger partial charge is 0.122 e. The normalized spacial score (nSPS) is 10.0. The van der Waals surface area contributed by atoms with Crippen molar-refractivity contribution in [3.8, 4) is 5.75 Å². The maximum Gasteiger partial charge on any atom is 0.122 e. The maximum atomic E-state index is 5.80. The SMILES string of the molecule is CCCCOc1cc(N)cc(Cl)c1. The summed E-state index contributed by atoms with van der Waals surface area (Å²) in [7, 11) is 0. The molecule has 0 saturated carbocycles. The van der Waals surface area contributed by atoms with E-state index in [1.54, 1.807) is 18.2 Å². The second kappa shape index (κ2) is 4.97. The van der Waals surface area contributed by atoms with Crippen molar-refractivity contribution in [2.75, 3.05) is 12.3 Å². The minimum absolute atomic E-state index is 0.617. The Morgan fingerprint density at radius 3 is 2.77 bits per heavy atom. The Balaban J connectivity index is 2.56. The molecule has 2 nitrogen and oxygen atoms in total. The molecular weight excluding hydrogens is 186 g/mol. The predicted molar refractivity (Wildman–Crippen MR) is 56.3 cm³/mol. The van der Waals surface area contributed by atoms with Gasteiger partial charge in [0.25, 0.3) is 0 Å². The second-order valence-corrected chi connectivity index (χ2v) is 3.36. The van der Waals surface area contributed by atoms with Crippen LogP contribution in [0.1, 0.15) is 19.8 Å². The molecule has 1 aromatic rings. The third kappa shape index (κ3) is 3.55. The van der Waals surface area contributed by atoms with E-state index in [4.69, 9.17) is 22.1 Å². The van der Waals surface area contributed by atoms with Gasteiger partial charge in [0.2, 0.25) is 0 Å². The summed E-state index contributed by atoms with van der Waals surface area (Å²) >= 11 is 5.80. The highest BCUT2D eigenvalue weighted by Gasteiger charge is 1.97. The van der Waals surface area contributed by atoms with Gasteiger partial charge in [-0.25, -0.2) is 0 Å². The molecule has 0 aliphatic rings. The van der Waals surface area contributed by atoms with Gasteiger partial charge in [-0.2, -0.15) is 0 Å². The molecule has 1 rings (SSSR count). The molecule has 0 heterocycles. The zero-order chi connectivity index (χ0) is 9.68. The third-order valence-corrected chi connectivity index (χ3v) is 1.88. The van der Waals surface area contributed by atoms with E-state index in [0.29, 0.717) is 10.7 Å². The Kier molecular flexibility index (Phi) is 3.90. The van der Waals surface area contributed by atoms with Crippen LogP contribution < -0.4 is 10.5 Å². The summed E-state index contributed by atoms with van der Waals surface area (Å²) in [5.74, 6) is 0.749. The average Bonchev–Trinajstić information content (AvgIpc) is 2.03. The molecule has 0 aliphatic carbocycles. The van der Waals surface area contributed by atoms with Gasteiger partial charge >= 0.3 is 0 Å². The molecule has 0 radical (unpaired) electrons. The first-order valence-electron chi connectivity index (χ1n) is 4.41. The molecule has 0 spiro atoms. The van der Waals surface area contributed by atoms with E-state index in [9.17, 15) is 0 Å². The number of benzene rings is 1. The first-order chi connectivity index (χ1) is 6.22. The van der Waals surface area contributed by atoms with E-state index in [0.717, 1.165) is 25.2 Å². The average molecular weight is 200 g/mol. The first-order valence-corrected chi connectivity index (χ1v) is 4.79. The van der Waals surface area contributed by atoms with Crippen LogP contribution in [0, 0.1) is 0 Å². The van der Waals surface area contributed by atoms with Gasteiger partial charge in [-0.1, -0.05) is 24.9 Å². The van der Waals surface area contributed by atoms with Crippen molar-refractivity contribution in [2.24, 2.45) is 0 Å². The van der Waals surface area contributed by atoms with Gasteiger partial charge in [-0.05, 0) is 18.6 Å². The van der Waals surface area contributed by atoms with Crippen LogP contribution in [0.3, 0.4) is 0 Å². The van der Waals surface area contributed by atoms with Crippen LogP contribution in [-0.2, 0) is 0 Å². The standard InChI is InChI=1S/C10H14ClNO/c1-2-3-4-13-10-6-8(11)5-9(12)7-10/h5-7H,2-4,12H2,1H3. The van der Waals surface area contributed by atoms with Crippen LogP contribution in [0.2, 0.25) is 5.02 Å². The Hall–Kier alpha value is -0.890. The van der Waals surface area contributed by atoms with E-state index in [1.807, 2.05) is 0 Å². The fourth-order valence-electron chi connectivity index (χ4n) is 1.00. The minimum Gasteiger partial charge on any atom is -0.493 e. The molecular formula is C10H14ClNO. The predicted octanol–water partition coefficient (Wildman–Crippen LogP) is 3.10. The monoisotopic (exact) mass is 199 g/mol. The molecule has 0 amide bonds. The van der Waals surface area contributed by atoms with Gasteiger partial charge in [-0.3, -0.25) is 0 Å². The molecule has 0 atom stereocenters. The van der Waals surface area contributed by atoms with E-state index in [2.05, 4.69) is 6.92 Å². The lowest BCUT2D eigenvalue weighted by Crippen LogP contribution is -1.97. The summed E-state index contributed by atoms with van der Waals surface area (Å²) in [4.78, 5) is 0. The van der Waals surface area contributed by atoms with Crippen molar-refractivity contribution in [3.05, 3.63) is 23.2 Å². The third-order valence-electron chi connectivity index (χ3n) is 1.66. The summed E-state index contributed by atoms with van der Waals surface area (Å²) in [6.07, 6.45) is 2.17. The van der Waals surface area contributed by atoms with Gasteiger partial charge in [0.05, 0.1) is 6.61 Å². The van der Waals surface area contributed by atoms with Crippen LogP contribution in [-0.4, -0.2) is 6.61 Å². The number of unbranched alkanes of at least 4 members (excludes halogenated alkanes) is 1. The lowest BCUT2D eigenvalue weighted by molar-refractivity contribution is 0.309. The van der Waals surface area contributed by atoms with Crippen molar-refractivity contribution in [2.45, 2.75) is 19.8 Å². The summed E-state index contributed by atoms with van der Waals surface area (Å²) in [5.41, 5.74) is 6.24.